The van der Waals surface area contributed by atoms with Crippen LogP contribution in [0.15, 0.2) is 54.6 Å². The van der Waals surface area contributed by atoms with E-state index in [0.29, 0.717) is 12.2 Å². The van der Waals surface area contributed by atoms with Gasteiger partial charge in [-0.2, -0.15) is 0 Å². The van der Waals surface area contributed by atoms with Crippen molar-refractivity contribution in [1.82, 2.24) is 0 Å². The highest BCUT2D eigenvalue weighted by atomic mass is 16.5. The number of ether oxygens (including phenoxy) is 1. The van der Waals surface area contributed by atoms with Gasteiger partial charge in [0.25, 0.3) is 0 Å². The summed E-state index contributed by atoms with van der Waals surface area (Å²) in [5, 5.41) is 0. The Hall–Kier alpha value is -2.37. The summed E-state index contributed by atoms with van der Waals surface area (Å²) in [6.07, 6.45) is 0.774. The van der Waals surface area contributed by atoms with E-state index in [4.69, 9.17) is 4.74 Å². The van der Waals surface area contributed by atoms with Crippen molar-refractivity contribution in [3.05, 3.63) is 71.3 Å². The van der Waals surface area contributed by atoms with E-state index in [2.05, 4.69) is 24.0 Å². The molecule has 0 saturated carbocycles. The first-order chi connectivity index (χ1) is 10.6. The molecule has 2 nitrogen and oxygen atoms in total. The normalized spacial score (nSPS) is 11.4. The summed E-state index contributed by atoms with van der Waals surface area (Å²) in [6, 6.07) is 17.6. The molecule has 22 heavy (non-hydrogen) atoms. The standard InChI is InChI=1S/C20H20O2/c1-16(22-15-14-18-6-4-3-5-7-18)8-9-19-10-12-20(13-11-19)17(2)21/h3-7,10-13,16H,14-15H2,1-2H3. The summed E-state index contributed by atoms with van der Waals surface area (Å²) in [4.78, 5) is 11.2. The van der Waals surface area contributed by atoms with Crippen molar-refractivity contribution in [2.45, 2.75) is 26.4 Å². The second kappa shape index (κ2) is 8.17. The lowest BCUT2D eigenvalue weighted by molar-refractivity contribution is 0.101. The Labute approximate surface area is 132 Å². The van der Waals surface area contributed by atoms with Crippen LogP contribution in [0.4, 0.5) is 0 Å². The summed E-state index contributed by atoms with van der Waals surface area (Å²) >= 11 is 0. The van der Waals surface area contributed by atoms with Crippen LogP contribution in [0.5, 0.6) is 0 Å². The minimum atomic E-state index is -0.115. The predicted octanol–water partition coefficient (Wildman–Crippen LogP) is 3.89. The van der Waals surface area contributed by atoms with Gasteiger partial charge in [-0.3, -0.25) is 4.79 Å². The molecule has 0 aromatic heterocycles. The monoisotopic (exact) mass is 292 g/mol. The lowest BCUT2D eigenvalue weighted by atomic mass is 10.1. The topological polar surface area (TPSA) is 26.3 Å². The Bertz CT molecular complexity index is 660. The summed E-state index contributed by atoms with van der Waals surface area (Å²) in [7, 11) is 0. The van der Waals surface area contributed by atoms with Gasteiger partial charge in [-0.25, -0.2) is 0 Å². The number of carbonyl (C=O) groups is 1. The summed E-state index contributed by atoms with van der Waals surface area (Å²) in [5.41, 5.74) is 2.86. The highest BCUT2D eigenvalue weighted by molar-refractivity contribution is 5.94. The molecule has 0 heterocycles. The molecule has 2 aromatic rings. The minimum Gasteiger partial charge on any atom is -0.365 e. The maximum absolute atomic E-state index is 11.2. The van der Waals surface area contributed by atoms with Gasteiger partial charge in [0, 0.05) is 11.1 Å². The molecular formula is C20H20O2. The summed E-state index contributed by atoms with van der Waals surface area (Å²) in [5.74, 6) is 6.22. The van der Waals surface area contributed by atoms with Gasteiger partial charge < -0.3 is 4.74 Å². The number of rotatable bonds is 5. The molecule has 0 aliphatic rings. The number of hydrogen-bond donors (Lipinski definition) is 0. The third-order valence-corrected chi connectivity index (χ3v) is 3.31. The third kappa shape index (κ3) is 5.20. The average molecular weight is 292 g/mol. The smallest absolute Gasteiger partial charge is 0.159 e. The molecule has 0 radical (unpaired) electrons. The van der Waals surface area contributed by atoms with Crippen LogP contribution >= 0.6 is 0 Å². The molecule has 0 fully saturated rings. The highest BCUT2D eigenvalue weighted by Crippen LogP contribution is 2.04. The number of ketones is 1. The zero-order valence-electron chi connectivity index (χ0n) is 13.0. The van der Waals surface area contributed by atoms with Crippen LogP contribution in [0.25, 0.3) is 0 Å². The van der Waals surface area contributed by atoms with E-state index in [1.807, 2.05) is 37.3 Å². The molecule has 0 N–H and O–H groups in total. The van der Waals surface area contributed by atoms with Crippen LogP contribution in [-0.4, -0.2) is 18.5 Å². The zero-order chi connectivity index (χ0) is 15.8. The first-order valence-corrected chi connectivity index (χ1v) is 7.43. The number of benzene rings is 2. The molecule has 112 valence electrons. The van der Waals surface area contributed by atoms with Gasteiger partial charge in [0.2, 0.25) is 0 Å². The van der Waals surface area contributed by atoms with E-state index in [9.17, 15) is 4.79 Å². The molecule has 0 spiro atoms. The van der Waals surface area contributed by atoms with Crippen molar-refractivity contribution >= 4 is 5.78 Å². The van der Waals surface area contributed by atoms with Gasteiger partial charge in [0.15, 0.2) is 5.78 Å². The highest BCUT2D eigenvalue weighted by Gasteiger charge is 1.99. The van der Waals surface area contributed by atoms with E-state index in [1.54, 1.807) is 19.1 Å². The van der Waals surface area contributed by atoms with Gasteiger partial charge in [-0.15, -0.1) is 0 Å². The van der Waals surface area contributed by atoms with Crippen molar-refractivity contribution < 1.29 is 9.53 Å². The van der Waals surface area contributed by atoms with Gasteiger partial charge in [-0.05, 0) is 38.0 Å². The molecule has 0 amide bonds. The van der Waals surface area contributed by atoms with Crippen molar-refractivity contribution in [2.24, 2.45) is 0 Å². The van der Waals surface area contributed by atoms with Crippen LogP contribution in [0.2, 0.25) is 0 Å². The summed E-state index contributed by atoms with van der Waals surface area (Å²) < 4.78 is 5.70. The van der Waals surface area contributed by atoms with E-state index in [-0.39, 0.29) is 11.9 Å². The molecule has 0 bridgehead atoms. The molecule has 1 atom stereocenters. The first kappa shape index (κ1) is 16.0. The molecule has 0 aliphatic carbocycles. The van der Waals surface area contributed by atoms with Crippen molar-refractivity contribution in [1.29, 1.82) is 0 Å². The minimum absolute atomic E-state index is 0.0668. The first-order valence-electron chi connectivity index (χ1n) is 7.43. The van der Waals surface area contributed by atoms with Crippen molar-refractivity contribution in [3.8, 4) is 11.8 Å². The summed E-state index contributed by atoms with van der Waals surface area (Å²) in [6.45, 7) is 4.16. The Morgan fingerprint density at radius 2 is 1.77 bits per heavy atom. The molecule has 2 rings (SSSR count). The predicted molar refractivity (Wildman–Crippen MR) is 88.9 cm³/mol. The Morgan fingerprint density at radius 3 is 2.41 bits per heavy atom. The van der Waals surface area contributed by atoms with Crippen molar-refractivity contribution in [3.63, 3.8) is 0 Å². The Kier molecular flexibility index (Phi) is 5.94. The molecule has 0 aliphatic heterocycles. The lowest BCUT2D eigenvalue weighted by Gasteiger charge is -2.06. The number of Topliss-reactive ketones (excluding diaryl/α,β-unsaturated/α-hetero) is 1. The number of carbonyl (C=O) groups excluding carboxylic acids is 1. The molecule has 0 saturated heterocycles. The van der Waals surface area contributed by atoms with E-state index < -0.39 is 0 Å². The lowest BCUT2D eigenvalue weighted by Crippen LogP contribution is -2.08. The van der Waals surface area contributed by atoms with Crippen LogP contribution in [0.1, 0.15) is 35.3 Å². The average Bonchev–Trinajstić information content (AvgIpc) is 2.54. The van der Waals surface area contributed by atoms with Crippen LogP contribution in [-0.2, 0) is 11.2 Å². The van der Waals surface area contributed by atoms with Crippen molar-refractivity contribution in [2.75, 3.05) is 6.61 Å². The van der Waals surface area contributed by atoms with Crippen LogP contribution < -0.4 is 0 Å². The van der Waals surface area contributed by atoms with Gasteiger partial charge in [-0.1, -0.05) is 54.3 Å². The molecule has 2 heteroatoms. The number of hydrogen-bond acceptors (Lipinski definition) is 2. The second-order valence-corrected chi connectivity index (χ2v) is 5.15. The Balaban J connectivity index is 1.82. The molecule has 2 aromatic carbocycles. The van der Waals surface area contributed by atoms with Crippen LogP contribution in [0, 0.1) is 11.8 Å². The molecular weight excluding hydrogens is 272 g/mol. The SMILES string of the molecule is CC(=O)c1ccc(C#CC(C)OCCc2ccccc2)cc1. The fourth-order valence-corrected chi connectivity index (χ4v) is 2.01. The van der Waals surface area contributed by atoms with Crippen LogP contribution in [0.3, 0.4) is 0 Å². The largest absolute Gasteiger partial charge is 0.365 e. The fourth-order valence-electron chi connectivity index (χ4n) is 2.01. The fraction of sp³-hybridized carbons (Fsp3) is 0.250. The van der Waals surface area contributed by atoms with E-state index in [0.717, 1.165) is 12.0 Å². The second-order valence-electron chi connectivity index (χ2n) is 5.15. The van der Waals surface area contributed by atoms with Gasteiger partial charge in [0.1, 0.15) is 6.10 Å². The maximum atomic E-state index is 11.2. The zero-order valence-corrected chi connectivity index (χ0v) is 13.0. The molecule has 1 unspecified atom stereocenters. The third-order valence-electron chi connectivity index (χ3n) is 3.31. The van der Waals surface area contributed by atoms with Gasteiger partial charge >= 0.3 is 0 Å². The maximum Gasteiger partial charge on any atom is 0.159 e. The van der Waals surface area contributed by atoms with E-state index in [1.165, 1.54) is 5.56 Å². The quantitative estimate of drug-likeness (QED) is 0.617. The van der Waals surface area contributed by atoms with Gasteiger partial charge in [0.05, 0.1) is 6.61 Å². The Morgan fingerprint density at radius 1 is 1.09 bits per heavy atom. The van der Waals surface area contributed by atoms with E-state index >= 15 is 0 Å².